The molecule has 0 aromatic carbocycles. The van der Waals surface area contributed by atoms with Crippen LogP contribution in [0.1, 0.15) is 6.42 Å². The molecule has 0 spiro atoms. The van der Waals surface area contributed by atoms with E-state index in [0.717, 1.165) is 19.2 Å². The smallest absolute Gasteiger partial charge is 0.0620 e. The molecule has 1 fully saturated rings. The molecule has 0 radical (unpaired) electrons. The van der Waals surface area contributed by atoms with Crippen LogP contribution in [0.4, 0.5) is 0 Å². The van der Waals surface area contributed by atoms with E-state index in [4.69, 9.17) is 9.63 Å². The fraction of sp³-hybridized carbons (Fsp3) is 1.00. The Kier molecular flexibility index (Phi) is 2.04. The Balaban J connectivity index is 2.12. The highest BCUT2D eigenvalue weighted by atomic mass is 31.1. The summed E-state index contributed by atoms with van der Waals surface area (Å²) in [6.07, 6.45) is 1.60. The topological polar surface area (TPSA) is 29.5 Å². The van der Waals surface area contributed by atoms with Gasteiger partial charge in [-0.1, -0.05) is 0 Å². The molecular formula is C4H9O2P. The van der Waals surface area contributed by atoms with Gasteiger partial charge in [0.2, 0.25) is 0 Å². The molecule has 1 aliphatic rings. The zero-order valence-electron chi connectivity index (χ0n) is 4.05. The van der Waals surface area contributed by atoms with Crippen molar-refractivity contribution >= 4 is 8.81 Å². The minimum atomic E-state index is -0.0768. The molecule has 2 nitrogen and oxygen atoms in total. The second kappa shape index (κ2) is 2.61. The SMILES string of the molecule is OC1CCOPC1. The summed E-state index contributed by atoms with van der Waals surface area (Å²) in [6.45, 7) is 0.750. The number of aliphatic hydroxyl groups is 1. The first-order valence-corrected chi connectivity index (χ1v) is 3.54. The third kappa shape index (κ3) is 1.72. The summed E-state index contributed by atoms with van der Waals surface area (Å²) in [5, 5.41) is 8.84. The maximum atomic E-state index is 8.84. The van der Waals surface area contributed by atoms with Crippen LogP contribution < -0.4 is 0 Å². The summed E-state index contributed by atoms with van der Waals surface area (Å²) in [5.74, 6) is 0. The minimum absolute atomic E-state index is 0.0768. The summed E-state index contributed by atoms with van der Waals surface area (Å²) in [5.41, 5.74) is 0. The third-order valence-electron chi connectivity index (χ3n) is 0.974. The Bertz CT molecular complexity index is 51.7. The number of aliphatic hydroxyl groups excluding tert-OH is 1. The van der Waals surface area contributed by atoms with E-state index < -0.39 is 0 Å². The van der Waals surface area contributed by atoms with E-state index in [1.54, 1.807) is 0 Å². The molecule has 0 saturated carbocycles. The Morgan fingerprint density at radius 2 is 2.57 bits per heavy atom. The van der Waals surface area contributed by atoms with Crippen molar-refractivity contribution in [3.63, 3.8) is 0 Å². The Morgan fingerprint density at radius 3 is 2.86 bits per heavy atom. The lowest BCUT2D eigenvalue weighted by atomic mass is 10.3. The highest BCUT2D eigenvalue weighted by Gasteiger charge is 2.08. The van der Waals surface area contributed by atoms with Crippen molar-refractivity contribution in [1.82, 2.24) is 0 Å². The predicted molar refractivity (Wildman–Crippen MR) is 29.8 cm³/mol. The van der Waals surface area contributed by atoms with E-state index in [9.17, 15) is 0 Å². The van der Waals surface area contributed by atoms with Crippen LogP contribution >= 0.6 is 8.81 Å². The van der Waals surface area contributed by atoms with Gasteiger partial charge >= 0.3 is 0 Å². The van der Waals surface area contributed by atoms with E-state index in [2.05, 4.69) is 0 Å². The van der Waals surface area contributed by atoms with Gasteiger partial charge in [0.15, 0.2) is 0 Å². The zero-order valence-corrected chi connectivity index (χ0v) is 5.05. The van der Waals surface area contributed by atoms with Gasteiger partial charge in [-0.05, 0) is 6.42 Å². The summed E-state index contributed by atoms with van der Waals surface area (Å²) in [6, 6.07) is 0. The van der Waals surface area contributed by atoms with Gasteiger partial charge in [0.25, 0.3) is 0 Å². The molecule has 0 aliphatic carbocycles. The van der Waals surface area contributed by atoms with Crippen molar-refractivity contribution in [3.8, 4) is 0 Å². The largest absolute Gasteiger partial charge is 0.393 e. The second-order valence-corrected chi connectivity index (χ2v) is 2.63. The van der Waals surface area contributed by atoms with Gasteiger partial charge in [0.1, 0.15) is 0 Å². The average molecular weight is 120 g/mol. The standard InChI is InChI=1S/C4H9O2P/c5-4-1-2-6-7-3-4/h4-5,7H,1-3H2. The second-order valence-electron chi connectivity index (χ2n) is 1.64. The molecule has 1 rings (SSSR count). The summed E-state index contributed by atoms with van der Waals surface area (Å²) in [7, 11) is 0.532. The summed E-state index contributed by atoms with van der Waals surface area (Å²) >= 11 is 0. The molecule has 0 bridgehead atoms. The molecule has 1 N–H and O–H groups in total. The molecule has 2 atom stereocenters. The Morgan fingerprint density at radius 1 is 1.71 bits per heavy atom. The molecule has 1 heterocycles. The van der Waals surface area contributed by atoms with Gasteiger partial charge in [-0.2, -0.15) is 0 Å². The van der Waals surface area contributed by atoms with E-state index in [1.165, 1.54) is 0 Å². The van der Waals surface area contributed by atoms with E-state index in [-0.39, 0.29) is 6.10 Å². The predicted octanol–water partition coefficient (Wildman–Crippen LogP) is 0.361. The van der Waals surface area contributed by atoms with E-state index in [0.29, 0.717) is 8.81 Å². The van der Waals surface area contributed by atoms with Crippen molar-refractivity contribution in [3.05, 3.63) is 0 Å². The lowest BCUT2D eigenvalue weighted by Crippen LogP contribution is -2.15. The van der Waals surface area contributed by atoms with Crippen LogP contribution in [0.2, 0.25) is 0 Å². The third-order valence-corrected chi connectivity index (χ3v) is 2.02. The zero-order chi connectivity index (χ0) is 5.11. The van der Waals surface area contributed by atoms with Crippen LogP contribution in [0.5, 0.6) is 0 Å². The van der Waals surface area contributed by atoms with E-state index >= 15 is 0 Å². The molecule has 7 heavy (non-hydrogen) atoms. The van der Waals surface area contributed by atoms with Gasteiger partial charge in [-0.3, -0.25) is 0 Å². The fourth-order valence-electron chi connectivity index (χ4n) is 0.524. The van der Waals surface area contributed by atoms with Gasteiger partial charge in [-0.25, -0.2) is 0 Å². The van der Waals surface area contributed by atoms with Gasteiger partial charge in [-0.15, -0.1) is 0 Å². The molecule has 42 valence electrons. The van der Waals surface area contributed by atoms with Crippen molar-refractivity contribution in [1.29, 1.82) is 0 Å². The molecule has 0 aromatic heterocycles. The van der Waals surface area contributed by atoms with Gasteiger partial charge in [0, 0.05) is 15.0 Å². The van der Waals surface area contributed by atoms with Crippen molar-refractivity contribution in [2.45, 2.75) is 12.5 Å². The maximum absolute atomic E-state index is 8.84. The fourth-order valence-corrected chi connectivity index (χ4v) is 1.30. The number of rotatable bonds is 0. The maximum Gasteiger partial charge on any atom is 0.0620 e. The molecule has 2 unspecified atom stereocenters. The molecule has 1 saturated heterocycles. The molecule has 0 aromatic rings. The van der Waals surface area contributed by atoms with Crippen LogP contribution in [0.3, 0.4) is 0 Å². The molecule has 3 heteroatoms. The first-order valence-electron chi connectivity index (χ1n) is 2.42. The molecule has 0 amide bonds. The van der Waals surface area contributed by atoms with Crippen LogP contribution in [0.15, 0.2) is 0 Å². The number of hydrogen-bond donors (Lipinski definition) is 1. The molecular weight excluding hydrogens is 111 g/mol. The normalized spacial score (nSPS) is 36.4. The monoisotopic (exact) mass is 120 g/mol. The van der Waals surface area contributed by atoms with Crippen molar-refractivity contribution < 1.29 is 9.63 Å². The van der Waals surface area contributed by atoms with Crippen LogP contribution in [-0.4, -0.2) is 24.0 Å². The van der Waals surface area contributed by atoms with Gasteiger partial charge < -0.3 is 9.63 Å². The highest BCUT2D eigenvalue weighted by molar-refractivity contribution is 7.32. The highest BCUT2D eigenvalue weighted by Crippen LogP contribution is 2.20. The van der Waals surface area contributed by atoms with Crippen LogP contribution in [0, 0.1) is 0 Å². The lowest BCUT2D eigenvalue weighted by Gasteiger charge is -2.15. The van der Waals surface area contributed by atoms with Gasteiger partial charge in [0.05, 0.1) is 12.7 Å². The van der Waals surface area contributed by atoms with Crippen molar-refractivity contribution in [2.75, 3.05) is 12.8 Å². The van der Waals surface area contributed by atoms with Crippen LogP contribution in [0.25, 0.3) is 0 Å². The van der Waals surface area contributed by atoms with Crippen LogP contribution in [-0.2, 0) is 4.52 Å². The molecule has 1 aliphatic heterocycles. The Hall–Kier alpha value is 0.350. The average Bonchev–Trinajstić information content (AvgIpc) is 1.69. The first-order chi connectivity index (χ1) is 3.39. The Labute approximate surface area is 44.7 Å². The minimum Gasteiger partial charge on any atom is -0.393 e. The number of hydrogen-bond acceptors (Lipinski definition) is 2. The quantitative estimate of drug-likeness (QED) is 0.468. The van der Waals surface area contributed by atoms with Crippen molar-refractivity contribution in [2.24, 2.45) is 0 Å². The first kappa shape index (κ1) is 5.49. The summed E-state index contributed by atoms with van der Waals surface area (Å²) < 4.78 is 5.01. The lowest BCUT2D eigenvalue weighted by molar-refractivity contribution is 0.146. The summed E-state index contributed by atoms with van der Waals surface area (Å²) in [4.78, 5) is 0. The van der Waals surface area contributed by atoms with E-state index in [1.807, 2.05) is 0 Å².